The van der Waals surface area contributed by atoms with Crippen LogP contribution in [0.1, 0.15) is 108 Å². The molecule has 0 aliphatic carbocycles. The van der Waals surface area contributed by atoms with Crippen LogP contribution in [0, 0.1) is 11.8 Å². The van der Waals surface area contributed by atoms with E-state index in [1.54, 1.807) is 0 Å². The molecule has 0 aromatic carbocycles. The van der Waals surface area contributed by atoms with E-state index in [0.717, 1.165) is 25.7 Å². The monoisotopic (exact) mass is 476 g/mol. The lowest BCUT2D eigenvalue weighted by Crippen LogP contribution is -2.07. The fraction of sp³-hybridized carbons (Fsp3) is 0.667. The number of carbonyl (C=O) groups excluding carboxylic acids is 2. The Bertz CT molecular complexity index is 623. The van der Waals surface area contributed by atoms with E-state index >= 15 is 0 Å². The molecule has 4 heteroatoms. The van der Waals surface area contributed by atoms with E-state index in [2.05, 4.69) is 53.7 Å². The lowest BCUT2D eigenvalue weighted by molar-refractivity contribution is -0.144. The van der Waals surface area contributed by atoms with Crippen LogP contribution < -0.4 is 0 Å². The minimum Gasteiger partial charge on any atom is -0.461 e. The van der Waals surface area contributed by atoms with Gasteiger partial charge in [0.05, 0.1) is 0 Å². The molecule has 4 nitrogen and oxygen atoms in total. The zero-order valence-electron chi connectivity index (χ0n) is 23.8. The molecule has 0 N–H and O–H groups in total. The van der Waals surface area contributed by atoms with Crippen molar-refractivity contribution in [1.29, 1.82) is 0 Å². The van der Waals surface area contributed by atoms with Crippen LogP contribution in [0.15, 0.2) is 46.6 Å². The maximum Gasteiger partial charge on any atom is 0.306 e. The molecule has 0 atom stereocenters. The predicted molar refractivity (Wildman–Crippen MR) is 146 cm³/mol. The van der Waals surface area contributed by atoms with Crippen molar-refractivity contribution in [3.05, 3.63) is 46.6 Å². The van der Waals surface area contributed by atoms with Gasteiger partial charge in [0.25, 0.3) is 0 Å². The Morgan fingerprint density at radius 1 is 0.588 bits per heavy atom. The van der Waals surface area contributed by atoms with E-state index in [0.29, 0.717) is 37.9 Å². The summed E-state index contributed by atoms with van der Waals surface area (Å²) in [5, 5.41) is 0. The average Bonchev–Trinajstić information content (AvgIpc) is 2.66. The van der Waals surface area contributed by atoms with E-state index < -0.39 is 0 Å². The first-order chi connectivity index (χ1) is 15.8. The Kier molecular flexibility index (Phi) is 21.5. The second-order valence-electron chi connectivity index (χ2n) is 10.3. The van der Waals surface area contributed by atoms with E-state index in [9.17, 15) is 9.59 Å². The van der Waals surface area contributed by atoms with Crippen molar-refractivity contribution in [1.82, 2.24) is 0 Å². The third-order valence-electron chi connectivity index (χ3n) is 4.68. The summed E-state index contributed by atoms with van der Waals surface area (Å²) < 4.78 is 10.2. The highest BCUT2D eigenvalue weighted by molar-refractivity contribution is 5.70. The summed E-state index contributed by atoms with van der Waals surface area (Å²) >= 11 is 0. The number of ether oxygens (including phenoxy) is 2. The van der Waals surface area contributed by atoms with Crippen LogP contribution in [-0.4, -0.2) is 25.2 Å². The number of carbonyl (C=O) groups is 2. The Hall–Kier alpha value is -2.10. The van der Waals surface area contributed by atoms with Gasteiger partial charge in [-0.05, 0) is 91.2 Å². The molecular weight excluding hydrogens is 424 g/mol. The van der Waals surface area contributed by atoms with Gasteiger partial charge in [-0.15, -0.1) is 0 Å². The highest BCUT2D eigenvalue weighted by atomic mass is 16.5. The molecular formula is C30H52O4. The van der Waals surface area contributed by atoms with Crippen LogP contribution in [0.2, 0.25) is 0 Å². The molecule has 0 aliphatic rings. The lowest BCUT2D eigenvalue weighted by atomic mass is 10.1. The molecule has 0 saturated heterocycles. The van der Waals surface area contributed by atoms with Gasteiger partial charge in [-0.25, -0.2) is 0 Å². The van der Waals surface area contributed by atoms with Crippen LogP contribution in [0.4, 0.5) is 0 Å². The van der Waals surface area contributed by atoms with Crippen LogP contribution in [0.25, 0.3) is 0 Å². The van der Waals surface area contributed by atoms with Crippen molar-refractivity contribution in [2.45, 2.75) is 108 Å². The second-order valence-corrected chi connectivity index (χ2v) is 10.3. The molecule has 0 aliphatic heterocycles. The summed E-state index contributed by atoms with van der Waals surface area (Å²) in [6.07, 6.45) is 13.6. The summed E-state index contributed by atoms with van der Waals surface area (Å²) in [5.41, 5.74) is 5.25. The van der Waals surface area contributed by atoms with Crippen LogP contribution in [-0.2, 0) is 19.1 Å². The maximum absolute atomic E-state index is 11.3. The van der Waals surface area contributed by atoms with Gasteiger partial charge in [0.1, 0.15) is 13.2 Å². The van der Waals surface area contributed by atoms with Gasteiger partial charge in [0.15, 0.2) is 0 Å². The van der Waals surface area contributed by atoms with Crippen molar-refractivity contribution in [3.8, 4) is 0 Å². The van der Waals surface area contributed by atoms with E-state index in [4.69, 9.17) is 9.47 Å². The van der Waals surface area contributed by atoms with Crippen molar-refractivity contribution >= 4 is 11.9 Å². The minimum absolute atomic E-state index is 0.103. The van der Waals surface area contributed by atoms with Gasteiger partial charge >= 0.3 is 11.9 Å². The molecule has 0 heterocycles. The normalized spacial score (nSPS) is 11.5. The highest BCUT2D eigenvalue weighted by Crippen LogP contribution is 2.08. The molecule has 0 radical (unpaired) electrons. The minimum atomic E-state index is -0.103. The number of hydrogen-bond donors (Lipinski definition) is 0. The number of allylic oxidation sites excluding steroid dienone is 6. The fourth-order valence-electron chi connectivity index (χ4n) is 2.72. The molecule has 0 unspecified atom stereocenters. The van der Waals surface area contributed by atoms with Gasteiger partial charge in [0, 0.05) is 12.8 Å². The van der Waals surface area contributed by atoms with Crippen molar-refractivity contribution in [3.63, 3.8) is 0 Å². The molecule has 0 aromatic heterocycles. The van der Waals surface area contributed by atoms with Gasteiger partial charge < -0.3 is 9.47 Å². The number of rotatable bonds is 14. The summed E-state index contributed by atoms with van der Waals surface area (Å²) in [6, 6.07) is 0. The van der Waals surface area contributed by atoms with Crippen LogP contribution in [0.5, 0.6) is 0 Å². The smallest absolute Gasteiger partial charge is 0.306 e. The van der Waals surface area contributed by atoms with E-state index in [1.807, 2.05) is 39.8 Å². The first-order valence-electron chi connectivity index (χ1n) is 12.7. The van der Waals surface area contributed by atoms with E-state index in [-0.39, 0.29) is 11.9 Å². The van der Waals surface area contributed by atoms with Crippen molar-refractivity contribution in [2.75, 3.05) is 13.2 Å². The molecule has 0 rings (SSSR count). The second kappa shape index (κ2) is 21.4. The molecule has 196 valence electrons. The third-order valence-corrected chi connectivity index (χ3v) is 4.68. The number of hydrogen-bond acceptors (Lipinski definition) is 4. The summed E-state index contributed by atoms with van der Waals surface area (Å²) in [7, 11) is 0. The van der Waals surface area contributed by atoms with Crippen molar-refractivity contribution < 1.29 is 19.1 Å². The molecule has 0 aromatic rings. The van der Waals surface area contributed by atoms with Crippen LogP contribution >= 0.6 is 0 Å². The fourth-order valence-corrected chi connectivity index (χ4v) is 2.72. The molecule has 0 amide bonds. The standard InChI is InChI=1S/2C15H26O2/c2*1-12(2)7-6-8-14(5)9-10-17-15(16)11-13(3)4/h2*7,9,13H,6,8,10-11H2,1-5H3/b2*14-9+. The maximum atomic E-state index is 11.3. The molecule has 0 bridgehead atoms. The average molecular weight is 477 g/mol. The Balaban J connectivity index is 0. The van der Waals surface area contributed by atoms with E-state index in [1.165, 1.54) is 22.3 Å². The Morgan fingerprint density at radius 3 is 1.18 bits per heavy atom. The van der Waals surface area contributed by atoms with Gasteiger partial charge in [0.2, 0.25) is 0 Å². The SMILES string of the molecule is CC(C)=CCC/C(C)=C/COC(=O)CC(C)C.CC(C)=CCC/C(C)=C/COC(=O)CC(C)C. The number of esters is 2. The molecule has 0 fully saturated rings. The summed E-state index contributed by atoms with van der Waals surface area (Å²) in [6.45, 7) is 21.5. The highest BCUT2D eigenvalue weighted by Gasteiger charge is 2.05. The van der Waals surface area contributed by atoms with Crippen molar-refractivity contribution in [2.24, 2.45) is 11.8 Å². The van der Waals surface area contributed by atoms with Gasteiger partial charge in [-0.2, -0.15) is 0 Å². The first-order valence-corrected chi connectivity index (χ1v) is 12.7. The molecule has 0 saturated carbocycles. The largest absolute Gasteiger partial charge is 0.461 e. The zero-order valence-corrected chi connectivity index (χ0v) is 23.8. The summed E-state index contributed by atoms with van der Waals surface area (Å²) in [4.78, 5) is 22.6. The summed E-state index contributed by atoms with van der Waals surface area (Å²) in [5.74, 6) is 0.525. The van der Waals surface area contributed by atoms with Gasteiger partial charge in [-0.3, -0.25) is 9.59 Å². The topological polar surface area (TPSA) is 52.6 Å². The first kappa shape index (κ1) is 34.1. The molecule has 0 spiro atoms. The third kappa shape index (κ3) is 27.9. The lowest BCUT2D eigenvalue weighted by Gasteiger charge is -2.05. The van der Waals surface area contributed by atoms with Crippen LogP contribution in [0.3, 0.4) is 0 Å². The van der Waals surface area contributed by atoms with Gasteiger partial charge in [-0.1, -0.05) is 62.1 Å². The quantitative estimate of drug-likeness (QED) is 0.186. The Labute approximate surface area is 210 Å². The predicted octanol–water partition coefficient (Wildman–Crippen LogP) is 8.54. The molecule has 34 heavy (non-hydrogen) atoms. The Morgan fingerprint density at radius 2 is 0.912 bits per heavy atom. The zero-order chi connectivity index (χ0) is 26.5.